The summed E-state index contributed by atoms with van der Waals surface area (Å²) in [6.45, 7) is 4.96. The van der Waals surface area contributed by atoms with E-state index in [1.54, 1.807) is 0 Å². The van der Waals surface area contributed by atoms with Gasteiger partial charge in [0, 0.05) is 25.8 Å². The molecule has 0 aliphatic heterocycles. The van der Waals surface area contributed by atoms with Gasteiger partial charge in [0.05, 0.1) is 0 Å². The second-order valence-electron chi connectivity index (χ2n) is 4.31. The van der Waals surface area contributed by atoms with E-state index < -0.39 is 0 Å². The summed E-state index contributed by atoms with van der Waals surface area (Å²) in [5, 5.41) is 8.71. The number of nitrogen functional groups attached to an aromatic ring is 1. The molecule has 0 aliphatic carbocycles. The lowest BCUT2D eigenvalue weighted by molar-refractivity contribution is 0.283. The Labute approximate surface area is 103 Å². The van der Waals surface area contributed by atoms with Crippen LogP contribution < -0.4 is 10.6 Å². The number of rotatable bonds is 6. The number of hydrogen-bond acceptors (Lipinski definition) is 5. The Morgan fingerprint density at radius 1 is 1.18 bits per heavy atom. The Hall–Kier alpha value is -1.36. The van der Waals surface area contributed by atoms with E-state index in [-0.39, 0.29) is 6.61 Å². The van der Waals surface area contributed by atoms with Crippen LogP contribution in [0.5, 0.6) is 0 Å². The second-order valence-corrected chi connectivity index (χ2v) is 4.31. The zero-order valence-electron chi connectivity index (χ0n) is 10.9. The van der Waals surface area contributed by atoms with Gasteiger partial charge in [0.2, 0.25) is 0 Å². The molecule has 0 aliphatic rings. The summed E-state index contributed by atoms with van der Waals surface area (Å²) in [6, 6.07) is 0. The maximum absolute atomic E-state index is 8.71. The topological polar surface area (TPSA) is 75.3 Å². The van der Waals surface area contributed by atoms with Crippen LogP contribution in [0.1, 0.15) is 30.7 Å². The molecule has 0 aromatic carbocycles. The highest BCUT2D eigenvalue weighted by Crippen LogP contribution is 2.20. The van der Waals surface area contributed by atoms with Crippen LogP contribution in [0.2, 0.25) is 0 Å². The van der Waals surface area contributed by atoms with Crippen LogP contribution in [0, 0.1) is 13.8 Å². The largest absolute Gasteiger partial charge is 0.396 e. The zero-order chi connectivity index (χ0) is 12.8. The van der Waals surface area contributed by atoms with Crippen molar-refractivity contribution in [3.63, 3.8) is 0 Å². The maximum atomic E-state index is 8.71. The number of aliphatic hydroxyl groups is 1. The van der Waals surface area contributed by atoms with Crippen molar-refractivity contribution in [3.05, 3.63) is 11.4 Å². The summed E-state index contributed by atoms with van der Waals surface area (Å²) < 4.78 is 0. The summed E-state index contributed by atoms with van der Waals surface area (Å²) in [6.07, 6.45) is 2.93. The van der Waals surface area contributed by atoms with Gasteiger partial charge in [0.1, 0.15) is 17.5 Å². The van der Waals surface area contributed by atoms with E-state index in [0.29, 0.717) is 11.6 Å². The molecule has 1 aromatic heterocycles. The highest BCUT2D eigenvalue weighted by atomic mass is 16.2. The molecule has 0 saturated carbocycles. The van der Waals surface area contributed by atoms with E-state index in [4.69, 9.17) is 10.8 Å². The molecule has 3 N–H and O–H groups in total. The van der Waals surface area contributed by atoms with E-state index in [2.05, 4.69) is 14.9 Å². The minimum Gasteiger partial charge on any atom is -0.396 e. The zero-order valence-corrected chi connectivity index (χ0v) is 10.9. The van der Waals surface area contributed by atoms with Gasteiger partial charge in [0.25, 0.3) is 0 Å². The first-order chi connectivity index (χ1) is 8.06. The van der Waals surface area contributed by atoms with Crippen LogP contribution in [0.25, 0.3) is 0 Å². The van der Waals surface area contributed by atoms with E-state index in [1.807, 2.05) is 20.9 Å². The monoisotopic (exact) mass is 238 g/mol. The van der Waals surface area contributed by atoms with Crippen LogP contribution in [0.15, 0.2) is 0 Å². The summed E-state index contributed by atoms with van der Waals surface area (Å²) in [5.41, 5.74) is 6.76. The molecule has 0 atom stereocenters. The van der Waals surface area contributed by atoms with Crippen molar-refractivity contribution < 1.29 is 5.11 Å². The smallest absolute Gasteiger partial charge is 0.137 e. The molecule has 1 rings (SSSR count). The molecule has 0 saturated heterocycles. The van der Waals surface area contributed by atoms with Crippen molar-refractivity contribution >= 4 is 11.6 Å². The molecule has 0 radical (unpaired) electrons. The first kappa shape index (κ1) is 13.7. The number of nitrogens with zero attached hydrogens (tertiary/aromatic N) is 3. The lowest BCUT2D eigenvalue weighted by Gasteiger charge is -2.21. The predicted octanol–water partition coefficient (Wildman–Crippen LogP) is 1.27. The average molecular weight is 238 g/mol. The molecule has 0 fully saturated rings. The third-order valence-electron chi connectivity index (χ3n) is 2.78. The fourth-order valence-corrected chi connectivity index (χ4v) is 1.75. The molecule has 17 heavy (non-hydrogen) atoms. The minimum absolute atomic E-state index is 0.266. The molecule has 0 unspecified atom stereocenters. The molecule has 0 spiro atoms. The maximum Gasteiger partial charge on any atom is 0.137 e. The highest BCUT2D eigenvalue weighted by molar-refractivity contribution is 5.55. The average Bonchev–Trinajstić information content (AvgIpc) is 2.29. The molecule has 5 nitrogen and oxygen atoms in total. The first-order valence-corrected chi connectivity index (χ1v) is 5.99. The number of nitrogens with two attached hydrogens (primary N) is 1. The molecule has 0 amide bonds. The van der Waals surface area contributed by atoms with Crippen LogP contribution >= 0.6 is 0 Å². The third-order valence-corrected chi connectivity index (χ3v) is 2.78. The van der Waals surface area contributed by atoms with Gasteiger partial charge in [0.15, 0.2) is 0 Å². The summed E-state index contributed by atoms with van der Waals surface area (Å²) in [4.78, 5) is 10.6. The molecular formula is C12H22N4O. The van der Waals surface area contributed by atoms with Gasteiger partial charge in [-0.1, -0.05) is 0 Å². The molecule has 1 heterocycles. The Morgan fingerprint density at radius 3 is 2.53 bits per heavy atom. The van der Waals surface area contributed by atoms with E-state index in [0.717, 1.165) is 37.2 Å². The molecule has 1 aromatic rings. The Kier molecular flexibility index (Phi) is 5.15. The van der Waals surface area contributed by atoms with Crippen molar-refractivity contribution in [2.24, 2.45) is 0 Å². The number of unbranched alkanes of at least 4 members (excludes halogenated alkanes) is 2. The van der Waals surface area contributed by atoms with E-state index in [1.165, 1.54) is 0 Å². The fraction of sp³-hybridized carbons (Fsp3) is 0.667. The molecule has 5 heteroatoms. The summed E-state index contributed by atoms with van der Waals surface area (Å²) in [7, 11) is 2.01. The Balaban J connectivity index is 2.65. The second kappa shape index (κ2) is 6.39. The fourth-order valence-electron chi connectivity index (χ4n) is 1.75. The van der Waals surface area contributed by atoms with Gasteiger partial charge in [-0.2, -0.15) is 0 Å². The lowest BCUT2D eigenvalue weighted by atomic mass is 10.2. The molecule has 0 bridgehead atoms. The van der Waals surface area contributed by atoms with Gasteiger partial charge < -0.3 is 15.7 Å². The Morgan fingerprint density at radius 2 is 1.88 bits per heavy atom. The minimum atomic E-state index is 0.266. The predicted molar refractivity (Wildman–Crippen MR) is 70.1 cm³/mol. The number of aliphatic hydroxyl groups excluding tert-OH is 1. The van der Waals surface area contributed by atoms with Crippen LogP contribution in [-0.2, 0) is 0 Å². The quantitative estimate of drug-likeness (QED) is 0.730. The van der Waals surface area contributed by atoms with Crippen molar-refractivity contribution in [2.75, 3.05) is 30.8 Å². The van der Waals surface area contributed by atoms with Crippen LogP contribution in [0.3, 0.4) is 0 Å². The number of aryl methyl sites for hydroxylation is 1. The normalized spacial score (nSPS) is 10.6. The lowest BCUT2D eigenvalue weighted by Crippen LogP contribution is -2.22. The molecular weight excluding hydrogens is 216 g/mol. The van der Waals surface area contributed by atoms with Gasteiger partial charge >= 0.3 is 0 Å². The van der Waals surface area contributed by atoms with Crippen LogP contribution in [-0.4, -0.2) is 35.3 Å². The molecule has 96 valence electrons. The summed E-state index contributed by atoms with van der Waals surface area (Å²) >= 11 is 0. The third kappa shape index (κ3) is 3.85. The van der Waals surface area contributed by atoms with Gasteiger partial charge in [-0.05, 0) is 33.1 Å². The van der Waals surface area contributed by atoms with Gasteiger partial charge in [-0.15, -0.1) is 0 Å². The van der Waals surface area contributed by atoms with E-state index in [9.17, 15) is 0 Å². The highest BCUT2D eigenvalue weighted by Gasteiger charge is 2.10. The Bertz CT molecular complexity index is 368. The first-order valence-electron chi connectivity index (χ1n) is 5.99. The SMILES string of the molecule is Cc1nc(N)c(C)c(N(C)CCCCCO)n1. The number of hydrogen-bond donors (Lipinski definition) is 2. The number of anilines is 2. The van der Waals surface area contributed by atoms with Crippen molar-refractivity contribution in [3.8, 4) is 0 Å². The van der Waals surface area contributed by atoms with Crippen molar-refractivity contribution in [1.29, 1.82) is 0 Å². The van der Waals surface area contributed by atoms with E-state index >= 15 is 0 Å². The van der Waals surface area contributed by atoms with Crippen molar-refractivity contribution in [2.45, 2.75) is 33.1 Å². The summed E-state index contributed by atoms with van der Waals surface area (Å²) in [5.74, 6) is 2.15. The number of aromatic nitrogens is 2. The van der Waals surface area contributed by atoms with Crippen LogP contribution in [0.4, 0.5) is 11.6 Å². The standard InChI is InChI=1S/C12H22N4O/c1-9-11(13)14-10(2)15-12(9)16(3)7-5-4-6-8-17/h17H,4-8H2,1-3H3,(H2,13,14,15). The van der Waals surface area contributed by atoms with Gasteiger partial charge in [-0.25, -0.2) is 9.97 Å². The van der Waals surface area contributed by atoms with Gasteiger partial charge in [-0.3, -0.25) is 0 Å². The van der Waals surface area contributed by atoms with Crippen molar-refractivity contribution in [1.82, 2.24) is 9.97 Å².